The van der Waals surface area contributed by atoms with Gasteiger partial charge in [-0.05, 0) is 85.5 Å². The van der Waals surface area contributed by atoms with Crippen LogP contribution in [-0.4, -0.2) is 55.6 Å². The summed E-state index contributed by atoms with van der Waals surface area (Å²) < 4.78 is 19.4. The second kappa shape index (κ2) is 11.3. The van der Waals surface area contributed by atoms with Crippen LogP contribution in [0.2, 0.25) is 0 Å². The Bertz CT molecular complexity index is 1240. The first-order valence-corrected chi connectivity index (χ1v) is 17.6. The molecule has 12 atom stereocenters. The molecule has 1 aliphatic heterocycles. The van der Waals surface area contributed by atoms with E-state index < -0.39 is 27.9 Å². The molecule has 0 aromatic heterocycles. The highest BCUT2D eigenvalue weighted by Gasteiger charge is 2.73. The average Bonchev–Trinajstić information content (AvgIpc) is 2.93. The molecule has 254 valence electrons. The number of nitrogens with two attached hydrogens (primary N) is 1. The lowest BCUT2D eigenvalue weighted by molar-refractivity contribution is -0.267. The van der Waals surface area contributed by atoms with Gasteiger partial charge in [-0.15, -0.1) is 0 Å². The quantitative estimate of drug-likeness (QED) is 0.240. The van der Waals surface area contributed by atoms with Gasteiger partial charge in [0.05, 0.1) is 19.8 Å². The van der Waals surface area contributed by atoms with E-state index >= 15 is 0 Å². The SMILES string of the molecule is CC(=O)O[C@@H]1C[C@@]23COC[C@](C)([C@@H]2CC[C@H]2C3=CC(=O)[C@@]3(C)[C@H](C=O)[C@@](C)([C@H](C)C(C)C)CC[C@]23C)[C@H]1OC[C@@](C)(N)C(C)C. The van der Waals surface area contributed by atoms with Gasteiger partial charge < -0.3 is 24.7 Å². The van der Waals surface area contributed by atoms with Crippen molar-refractivity contribution in [1.82, 2.24) is 0 Å². The number of hydrogen-bond donors (Lipinski definition) is 1. The number of ketones is 1. The van der Waals surface area contributed by atoms with E-state index in [0.717, 1.165) is 32.0 Å². The lowest BCUT2D eigenvalue weighted by Crippen LogP contribution is -2.71. The van der Waals surface area contributed by atoms with Gasteiger partial charge in [-0.3, -0.25) is 9.59 Å². The maximum absolute atomic E-state index is 14.8. The zero-order chi connectivity index (χ0) is 33.5. The van der Waals surface area contributed by atoms with E-state index in [9.17, 15) is 14.4 Å². The predicted octanol–water partition coefficient (Wildman–Crippen LogP) is 6.56. The predicted molar refractivity (Wildman–Crippen MR) is 175 cm³/mol. The fourth-order valence-electron chi connectivity index (χ4n) is 11.2. The minimum Gasteiger partial charge on any atom is -0.460 e. The van der Waals surface area contributed by atoms with Gasteiger partial charge in [0.2, 0.25) is 0 Å². The van der Waals surface area contributed by atoms with Gasteiger partial charge in [-0.1, -0.05) is 67.9 Å². The molecule has 4 fully saturated rings. The van der Waals surface area contributed by atoms with Gasteiger partial charge in [0, 0.05) is 34.6 Å². The van der Waals surface area contributed by atoms with Crippen molar-refractivity contribution in [2.75, 3.05) is 19.8 Å². The van der Waals surface area contributed by atoms with Gasteiger partial charge in [-0.25, -0.2) is 0 Å². The maximum atomic E-state index is 14.8. The van der Waals surface area contributed by atoms with E-state index in [1.165, 1.54) is 12.5 Å². The first-order chi connectivity index (χ1) is 20.8. The van der Waals surface area contributed by atoms with Gasteiger partial charge in [-0.2, -0.15) is 0 Å². The third kappa shape index (κ3) is 4.78. The van der Waals surface area contributed by atoms with Crippen LogP contribution in [0.5, 0.6) is 0 Å². The van der Waals surface area contributed by atoms with Crippen LogP contribution in [0, 0.1) is 62.6 Å². The third-order valence-electron chi connectivity index (χ3n) is 15.1. The van der Waals surface area contributed by atoms with Crippen molar-refractivity contribution in [2.45, 2.75) is 126 Å². The Morgan fingerprint density at radius 3 is 2.36 bits per heavy atom. The number of carbonyl (C=O) groups excluding carboxylic acids is 3. The largest absolute Gasteiger partial charge is 0.460 e. The van der Waals surface area contributed by atoms with Crippen molar-refractivity contribution >= 4 is 18.0 Å². The molecule has 5 aliphatic rings. The number of fused-ring (bicyclic) bond motifs is 3. The van der Waals surface area contributed by atoms with E-state index in [0.29, 0.717) is 38.1 Å². The van der Waals surface area contributed by atoms with Crippen molar-refractivity contribution in [1.29, 1.82) is 0 Å². The molecule has 45 heavy (non-hydrogen) atoms. The Kier molecular flexibility index (Phi) is 8.70. The van der Waals surface area contributed by atoms with E-state index in [4.69, 9.17) is 19.9 Å². The standard InChI is InChI=1S/C38H61NO6/c1-22(2)24(5)33(7)14-15-35(9)26-12-13-29-34(8)19-43-21-38(29,27(26)16-31(42)37(35,11)30(33)18-40)17-28(45-25(6)41)32(34)44-20-36(10,39)23(3)4/h16,18,22-24,26,28-30,32H,12-15,17,19-21,39H2,1-11H3/t24-,26+,28-,29+,30-,32+,33-,34-,35-,36-,37-,38+/m1/s1. The van der Waals surface area contributed by atoms with E-state index in [1.54, 1.807) is 0 Å². The summed E-state index contributed by atoms with van der Waals surface area (Å²) in [4.78, 5) is 40.5. The van der Waals surface area contributed by atoms with Crippen LogP contribution in [-0.2, 0) is 28.6 Å². The van der Waals surface area contributed by atoms with Crippen LogP contribution in [0.15, 0.2) is 11.6 Å². The first-order valence-electron chi connectivity index (χ1n) is 17.6. The lowest BCUT2D eigenvalue weighted by Gasteiger charge is -2.70. The monoisotopic (exact) mass is 627 g/mol. The maximum Gasteiger partial charge on any atom is 0.302 e. The third-order valence-corrected chi connectivity index (χ3v) is 15.1. The summed E-state index contributed by atoms with van der Waals surface area (Å²) in [5.41, 5.74) is 5.01. The molecule has 2 bridgehead atoms. The van der Waals surface area contributed by atoms with E-state index in [2.05, 4.69) is 62.3 Å². The van der Waals surface area contributed by atoms with Crippen LogP contribution >= 0.6 is 0 Å². The highest BCUT2D eigenvalue weighted by Crippen LogP contribution is 2.74. The van der Waals surface area contributed by atoms with Crippen molar-refractivity contribution in [3.05, 3.63) is 11.6 Å². The second-order valence-corrected chi connectivity index (χ2v) is 17.8. The Labute approximate surface area is 272 Å². The lowest BCUT2D eigenvalue weighted by atomic mass is 9.34. The molecule has 1 saturated heterocycles. The van der Waals surface area contributed by atoms with Gasteiger partial charge in [0.1, 0.15) is 18.5 Å². The zero-order valence-electron chi connectivity index (χ0n) is 30.0. The summed E-state index contributed by atoms with van der Waals surface area (Å²) in [6, 6.07) is 0. The number of ether oxygens (including phenoxy) is 3. The Hall–Kier alpha value is -1.57. The van der Waals surface area contributed by atoms with Crippen LogP contribution in [0.1, 0.15) is 108 Å². The second-order valence-electron chi connectivity index (χ2n) is 17.8. The minimum absolute atomic E-state index is 0.0794. The summed E-state index contributed by atoms with van der Waals surface area (Å²) in [5.74, 6) is 0.670. The molecule has 3 saturated carbocycles. The number of rotatable bonds is 8. The normalized spacial score (nSPS) is 46.3. The minimum atomic E-state index is -0.792. The number of esters is 1. The number of hydrogen-bond acceptors (Lipinski definition) is 7. The first kappa shape index (κ1) is 34.8. The zero-order valence-corrected chi connectivity index (χ0v) is 30.0. The molecule has 0 amide bonds. The Morgan fingerprint density at radius 1 is 1.11 bits per heavy atom. The van der Waals surface area contributed by atoms with Crippen molar-refractivity contribution < 1.29 is 28.6 Å². The molecular formula is C38H61NO6. The fraction of sp³-hybridized carbons (Fsp3) is 0.868. The van der Waals surface area contributed by atoms with E-state index in [1.807, 2.05) is 13.0 Å². The summed E-state index contributed by atoms with van der Waals surface area (Å²) in [6.45, 7) is 24.6. The van der Waals surface area contributed by atoms with Crippen LogP contribution in [0.3, 0.4) is 0 Å². The average molecular weight is 628 g/mol. The van der Waals surface area contributed by atoms with Gasteiger partial charge in [0.25, 0.3) is 0 Å². The van der Waals surface area contributed by atoms with Crippen LogP contribution in [0.25, 0.3) is 0 Å². The highest BCUT2D eigenvalue weighted by atomic mass is 16.6. The molecule has 0 spiro atoms. The van der Waals surface area contributed by atoms with E-state index in [-0.39, 0.29) is 52.4 Å². The smallest absolute Gasteiger partial charge is 0.302 e. The topological polar surface area (TPSA) is 105 Å². The van der Waals surface area contributed by atoms with Crippen molar-refractivity contribution in [3.8, 4) is 0 Å². The van der Waals surface area contributed by atoms with Gasteiger partial charge >= 0.3 is 5.97 Å². The highest BCUT2D eigenvalue weighted by molar-refractivity contribution is 5.99. The molecule has 4 aliphatic carbocycles. The Morgan fingerprint density at radius 2 is 1.78 bits per heavy atom. The molecule has 7 nitrogen and oxygen atoms in total. The van der Waals surface area contributed by atoms with Crippen LogP contribution < -0.4 is 5.73 Å². The van der Waals surface area contributed by atoms with Gasteiger partial charge in [0.15, 0.2) is 5.78 Å². The molecule has 0 unspecified atom stereocenters. The number of allylic oxidation sites excluding steroid dienone is 1. The summed E-state index contributed by atoms with van der Waals surface area (Å²) in [5, 5.41) is 0. The van der Waals surface area contributed by atoms with Crippen LogP contribution in [0.4, 0.5) is 0 Å². The molecule has 0 aromatic rings. The molecule has 5 rings (SSSR count). The molecule has 0 radical (unpaired) electrons. The summed E-state index contributed by atoms with van der Waals surface area (Å²) in [7, 11) is 0. The molecule has 1 heterocycles. The summed E-state index contributed by atoms with van der Waals surface area (Å²) in [6.07, 6.45) is 6.53. The van der Waals surface area contributed by atoms with Crippen molar-refractivity contribution in [2.24, 2.45) is 68.3 Å². The summed E-state index contributed by atoms with van der Waals surface area (Å²) >= 11 is 0. The number of aldehydes is 1. The molecule has 2 N–H and O–H groups in total. The number of carbonyl (C=O) groups is 3. The fourth-order valence-corrected chi connectivity index (χ4v) is 11.2. The van der Waals surface area contributed by atoms with Crippen molar-refractivity contribution in [3.63, 3.8) is 0 Å². The molecule has 0 aromatic carbocycles. The molecular weight excluding hydrogens is 566 g/mol. The molecule has 7 heteroatoms. The Balaban J connectivity index is 1.60.